The quantitative estimate of drug-likeness (QED) is 0.809. The molecule has 0 bridgehead atoms. The van der Waals surface area contributed by atoms with Gasteiger partial charge in [0, 0.05) is 22.3 Å². The third-order valence-electron chi connectivity index (χ3n) is 3.04. The molecule has 0 aliphatic carbocycles. The molecule has 0 heterocycles. The predicted molar refractivity (Wildman–Crippen MR) is 86.4 cm³/mol. The van der Waals surface area contributed by atoms with Crippen molar-refractivity contribution in [3.63, 3.8) is 0 Å². The summed E-state index contributed by atoms with van der Waals surface area (Å²) in [5.74, 6) is 1.74. The fourth-order valence-electron chi connectivity index (χ4n) is 2.05. The summed E-state index contributed by atoms with van der Waals surface area (Å²) in [6.45, 7) is 4.76. The zero-order chi connectivity index (χ0) is 14.4. The molecule has 3 heteroatoms. The Labute approximate surface area is 125 Å². The van der Waals surface area contributed by atoms with Crippen LogP contribution in [0.2, 0.25) is 0 Å². The molecule has 0 radical (unpaired) electrons. The van der Waals surface area contributed by atoms with Gasteiger partial charge in [-0.25, -0.2) is 0 Å². The number of rotatable bonds is 6. The lowest BCUT2D eigenvalue weighted by Crippen LogP contribution is -2.14. The Balaban J connectivity index is 2.03. The molecule has 2 aromatic rings. The molecule has 2 nitrogen and oxygen atoms in total. The molecular formula is C17H21NOS. The van der Waals surface area contributed by atoms with Gasteiger partial charge in [-0.05, 0) is 32.0 Å². The van der Waals surface area contributed by atoms with Crippen molar-refractivity contribution in [2.45, 2.75) is 24.8 Å². The van der Waals surface area contributed by atoms with Gasteiger partial charge in [-0.15, -0.1) is 11.8 Å². The number of para-hydroxylation sites is 1. The van der Waals surface area contributed by atoms with Gasteiger partial charge in [0.1, 0.15) is 5.75 Å². The zero-order valence-corrected chi connectivity index (χ0v) is 12.8. The van der Waals surface area contributed by atoms with Crippen molar-refractivity contribution in [2.75, 3.05) is 12.4 Å². The van der Waals surface area contributed by atoms with Crippen LogP contribution in [0.25, 0.3) is 0 Å². The first-order valence-electron chi connectivity index (χ1n) is 6.87. The van der Waals surface area contributed by atoms with Crippen LogP contribution in [-0.4, -0.2) is 12.4 Å². The lowest BCUT2D eigenvalue weighted by atomic mass is 10.1. The summed E-state index contributed by atoms with van der Waals surface area (Å²) in [4.78, 5) is 1.26. The first kappa shape index (κ1) is 14.9. The molecule has 0 aliphatic heterocycles. The highest BCUT2D eigenvalue weighted by molar-refractivity contribution is 7.99. The molecule has 0 fully saturated rings. The Hall–Kier alpha value is -1.45. The zero-order valence-electron chi connectivity index (χ0n) is 12.0. The number of benzene rings is 2. The Morgan fingerprint density at radius 2 is 1.95 bits per heavy atom. The van der Waals surface area contributed by atoms with Crippen molar-refractivity contribution in [3.8, 4) is 5.75 Å². The average molecular weight is 287 g/mol. The second kappa shape index (κ2) is 7.36. The van der Waals surface area contributed by atoms with E-state index in [0.717, 1.165) is 17.1 Å². The number of hydrogen-bond acceptors (Lipinski definition) is 3. The van der Waals surface area contributed by atoms with Crippen LogP contribution in [0.5, 0.6) is 5.75 Å². The molecule has 2 rings (SSSR count). The maximum absolute atomic E-state index is 6.31. The minimum atomic E-state index is -0.0248. The summed E-state index contributed by atoms with van der Waals surface area (Å²) in [7, 11) is 0. The summed E-state index contributed by atoms with van der Waals surface area (Å²) >= 11 is 1.78. The van der Waals surface area contributed by atoms with Crippen LogP contribution in [0.1, 0.15) is 24.1 Å². The minimum absolute atomic E-state index is 0.0248. The van der Waals surface area contributed by atoms with Gasteiger partial charge < -0.3 is 10.5 Å². The lowest BCUT2D eigenvalue weighted by molar-refractivity contribution is 0.335. The van der Waals surface area contributed by atoms with Crippen molar-refractivity contribution >= 4 is 11.8 Å². The highest BCUT2D eigenvalue weighted by Crippen LogP contribution is 2.29. The lowest BCUT2D eigenvalue weighted by Gasteiger charge is -2.16. The Kier molecular flexibility index (Phi) is 5.50. The van der Waals surface area contributed by atoms with Crippen molar-refractivity contribution in [1.82, 2.24) is 0 Å². The average Bonchev–Trinajstić information content (AvgIpc) is 2.46. The van der Waals surface area contributed by atoms with E-state index < -0.39 is 0 Å². The van der Waals surface area contributed by atoms with E-state index >= 15 is 0 Å². The maximum atomic E-state index is 6.31. The molecule has 0 aromatic heterocycles. The normalized spacial score (nSPS) is 12.2. The van der Waals surface area contributed by atoms with E-state index in [-0.39, 0.29) is 6.04 Å². The molecule has 20 heavy (non-hydrogen) atoms. The highest BCUT2D eigenvalue weighted by atomic mass is 32.2. The molecule has 0 amide bonds. The largest absolute Gasteiger partial charge is 0.494 e. The number of aryl methyl sites for hydroxylation is 1. The summed E-state index contributed by atoms with van der Waals surface area (Å²) < 4.78 is 5.64. The second-order valence-corrected chi connectivity index (χ2v) is 5.80. The van der Waals surface area contributed by atoms with Gasteiger partial charge in [0.15, 0.2) is 0 Å². The number of ether oxygens (including phenoxy) is 1. The second-order valence-electron chi connectivity index (χ2n) is 4.70. The number of hydrogen-bond donors (Lipinski definition) is 1. The molecule has 2 aromatic carbocycles. The molecule has 106 valence electrons. The van der Waals surface area contributed by atoms with Gasteiger partial charge in [-0.2, -0.15) is 0 Å². The fraction of sp³-hybridized carbons (Fsp3) is 0.294. The van der Waals surface area contributed by atoms with Crippen LogP contribution >= 0.6 is 11.8 Å². The third-order valence-corrected chi connectivity index (χ3v) is 4.15. The standard InChI is InChI=1S/C17H21NOS/c1-3-19-17-10-5-4-9-15(17)16(18)12-20-14-8-6-7-13(2)11-14/h4-11,16H,3,12,18H2,1-2H3. The molecule has 0 saturated heterocycles. The van der Waals surface area contributed by atoms with Crippen LogP contribution in [0.3, 0.4) is 0 Å². The van der Waals surface area contributed by atoms with Gasteiger partial charge in [0.05, 0.1) is 6.61 Å². The van der Waals surface area contributed by atoms with Crippen molar-refractivity contribution in [1.29, 1.82) is 0 Å². The smallest absolute Gasteiger partial charge is 0.124 e. The van der Waals surface area contributed by atoms with Crippen molar-refractivity contribution in [3.05, 3.63) is 59.7 Å². The highest BCUT2D eigenvalue weighted by Gasteiger charge is 2.12. The van der Waals surface area contributed by atoms with Crippen molar-refractivity contribution < 1.29 is 4.74 Å². The van der Waals surface area contributed by atoms with Crippen LogP contribution < -0.4 is 10.5 Å². The van der Waals surface area contributed by atoms with E-state index in [0.29, 0.717) is 6.61 Å². The van der Waals surface area contributed by atoms with E-state index in [9.17, 15) is 0 Å². The van der Waals surface area contributed by atoms with Crippen LogP contribution in [-0.2, 0) is 0 Å². The SMILES string of the molecule is CCOc1ccccc1C(N)CSc1cccc(C)c1. The summed E-state index contributed by atoms with van der Waals surface area (Å²) in [5.41, 5.74) is 8.67. The van der Waals surface area contributed by atoms with E-state index in [1.807, 2.05) is 31.2 Å². The first-order chi connectivity index (χ1) is 9.70. The van der Waals surface area contributed by atoms with Gasteiger partial charge in [-0.1, -0.05) is 35.9 Å². The monoisotopic (exact) mass is 287 g/mol. The molecule has 1 atom stereocenters. The van der Waals surface area contributed by atoms with Crippen LogP contribution in [0, 0.1) is 6.92 Å². The van der Waals surface area contributed by atoms with Crippen LogP contribution in [0.4, 0.5) is 0 Å². The molecule has 0 spiro atoms. The first-order valence-corrected chi connectivity index (χ1v) is 7.86. The predicted octanol–water partition coefficient (Wildman–Crippen LogP) is 4.19. The molecule has 2 N–H and O–H groups in total. The maximum Gasteiger partial charge on any atom is 0.124 e. The molecule has 0 saturated carbocycles. The van der Waals surface area contributed by atoms with E-state index in [2.05, 4.69) is 31.2 Å². The van der Waals surface area contributed by atoms with Crippen LogP contribution in [0.15, 0.2) is 53.4 Å². The summed E-state index contributed by atoms with van der Waals surface area (Å²) in [5, 5.41) is 0. The molecule has 0 aliphatic rings. The Morgan fingerprint density at radius 1 is 1.15 bits per heavy atom. The Morgan fingerprint density at radius 3 is 2.70 bits per heavy atom. The molecular weight excluding hydrogens is 266 g/mol. The number of thioether (sulfide) groups is 1. The van der Waals surface area contributed by atoms with E-state index in [1.54, 1.807) is 11.8 Å². The summed E-state index contributed by atoms with van der Waals surface area (Å²) in [6, 6.07) is 16.5. The Bertz CT molecular complexity index is 556. The van der Waals surface area contributed by atoms with Crippen molar-refractivity contribution in [2.24, 2.45) is 5.73 Å². The topological polar surface area (TPSA) is 35.2 Å². The van der Waals surface area contributed by atoms with Gasteiger partial charge in [0.2, 0.25) is 0 Å². The van der Waals surface area contributed by atoms with E-state index in [1.165, 1.54) is 10.5 Å². The van der Waals surface area contributed by atoms with Gasteiger partial charge in [0.25, 0.3) is 0 Å². The third kappa shape index (κ3) is 4.02. The molecule has 1 unspecified atom stereocenters. The van der Waals surface area contributed by atoms with Gasteiger partial charge >= 0.3 is 0 Å². The van der Waals surface area contributed by atoms with E-state index in [4.69, 9.17) is 10.5 Å². The van der Waals surface area contributed by atoms with Gasteiger partial charge in [-0.3, -0.25) is 0 Å². The fourth-order valence-corrected chi connectivity index (χ4v) is 3.05. The summed E-state index contributed by atoms with van der Waals surface area (Å²) in [6.07, 6.45) is 0. The number of nitrogens with two attached hydrogens (primary N) is 1. The minimum Gasteiger partial charge on any atom is -0.494 e.